The Bertz CT molecular complexity index is 156. The van der Waals surface area contributed by atoms with Gasteiger partial charge in [-0.05, 0) is 26.4 Å². The van der Waals surface area contributed by atoms with Crippen molar-refractivity contribution in [2.24, 2.45) is 0 Å². The van der Waals surface area contributed by atoms with Gasteiger partial charge >= 0.3 is 0 Å². The van der Waals surface area contributed by atoms with Gasteiger partial charge in [-0.1, -0.05) is 6.42 Å². The van der Waals surface area contributed by atoms with E-state index < -0.39 is 0 Å². The van der Waals surface area contributed by atoms with Crippen LogP contribution in [0.4, 0.5) is 0 Å². The molecule has 90 valence electrons. The Kier molecular flexibility index (Phi) is 6.92. The Morgan fingerprint density at radius 1 is 1.40 bits per heavy atom. The first-order valence-corrected chi connectivity index (χ1v) is 5.94. The van der Waals surface area contributed by atoms with Crippen molar-refractivity contribution in [3.8, 4) is 0 Å². The summed E-state index contributed by atoms with van der Waals surface area (Å²) < 4.78 is 5.17. The number of aliphatic hydroxyl groups excluding tert-OH is 1. The maximum Gasteiger partial charge on any atom is 0.0698 e. The summed E-state index contributed by atoms with van der Waals surface area (Å²) in [6.45, 7) is 4.42. The minimum absolute atomic E-state index is 0.116. The summed E-state index contributed by atoms with van der Waals surface area (Å²) in [5.74, 6) is 0. The first-order chi connectivity index (χ1) is 7.34. The number of nitrogens with zero attached hydrogens (tertiary/aromatic N) is 1. The lowest BCUT2D eigenvalue weighted by molar-refractivity contribution is 0.0919. The fraction of sp³-hybridized carbons (Fsp3) is 1.00. The number of hydrogen-bond acceptors (Lipinski definition) is 4. The Morgan fingerprint density at radius 3 is 3.00 bits per heavy atom. The van der Waals surface area contributed by atoms with Crippen molar-refractivity contribution < 1.29 is 9.84 Å². The molecule has 0 spiro atoms. The van der Waals surface area contributed by atoms with E-state index in [1.807, 2.05) is 0 Å². The summed E-state index contributed by atoms with van der Waals surface area (Å²) in [5, 5.41) is 11.9. The predicted molar refractivity (Wildman–Crippen MR) is 61.0 cm³/mol. The van der Waals surface area contributed by atoms with E-state index in [1.54, 1.807) is 0 Å². The zero-order chi connectivity index (χ0) is 10.9. The fourth-order valence-corrected chi connectivity index (χ4v) is 1.98. The highest BCUT2D eigenvalue weighted by Gasteiger charge is 2.17. The molecular formula is C11H24N2O2. The molecule has 1 saturated heterocycles. The summed E-state index contributed by atoms with van der Waals surface area (Å²) in [4.78, 5) is 2.44. The van der Waals surface area contributed by atoms with Gasteiger partial charge in [0.05, 0.1) is 19.8 Å². The molecule has 1 aliphatic heterocycles. The molecule has 0 bridgehead atoms. The summed E-state index contributed by atoms with van der Waals surface area (Å²) in [6, 6.07) is 0.691. The zero-order valence-corrected chi connectivity index (χ0v) is 9.74. The van der Waals surface area contributed by atoms with E-state index in [0.717, 1.165) is 13.1 Å². The van der Waals surface area contributed by atoms with E-state index in [-0.39, 0.29) is 6.61 Å². The number of nitrogens with one attached hydrogen (secondary N) is 1. The van der Waals surface area contributed by atoms with E-state index in [1.165, 1.54) is 25.8 Å². The summed E-state index contributed by atoms with van der Waals surface area (Å²) >= 11 is 0. The van der Waals surface area contributed by atoms with Crippen molar-refractivity contribution in [3.05, 3.63) is 0 Å². The van der Waals surface area contributed by atoms with Gasteiger partial charge in [0.15, 0.2) is 0 Å². The predicted octanol–water partition coefficient (Wildman–Crippen LogP) is 0.0692. The summed E-state index contributed by atoms with van der Waals surface area (Å²) in [5.41, 5.74) is 0. The first-order valence-electron chi connectivity index (χ1n) is 5.94. The third kappa shape index (κ3) is 5.47. The van der Waals surface area contributed by atoms with Crippen LogP contribution >= 0.6 is 0 Å². The quantitative estimate of drug-likeness (QED) is 0.591. The van der Waals surface area contributed by atoms with Crippen LogP contribution in [0.1, 0.15) is 19.3 Å². The molecule has 4 nitrogen and oxygen atoms in total. The number of piperidine rings is 1. The van der Waals surface area contributed by atoms with Crippen LogP contribution in [0, 0.1) is 0 Å². The second kappa shape index (κ2) is 8.05. The van der Waals surface area contributed by atoms with Gasteiger partial charge in [-0.25, -0.2) is 0 Å². The summed E-state index contributed by atoms with van der Waals surface area (Å²) in [6.07, 6.45) is 4.01. The zero-order valence-electron chi connectivity index (χ0n) is 9.74. The highest BCUT2D eigenvalue weighted by Crippen LogP contribution is 2.13. The molecule has 0 aromatic carbocycles. The molecule has 1 fully saturated rings. The van der Waals surface area contributed by atoms with Crippen LogP contribution in [0.2, 0.25) is 0 Å². The van der Waals surface area contributed by atoms with Crippen molar-refractivity contribution in [3.63, 3.8) is 0 Å². The molecule has 0 aromatic heterocycles. The van der Waals surface area contributed by atoms with Crippen molar-refractivity contribution >= 4 is 0 Å². The molecule has 0 radical (unpaired) electrons. The number of ether oxygens (including phenoxy) is 1. The van der Waals surface area contributed by atoms with Crippen LogP contribution in [0.5, 0.6) is 0 Å². The Labute approximate surface area is 92.6 Å². The van der Waals surface area contributed by atoms with Gasteiger partial charge in [0.25, 0.3) is 0 Å². The molecule has 0 saturated carbocycles. The first kappa shape index (κ1) is 12.9. The number of likely N-dealkylation sites (N-methyl/N-ethyl adjacent to an activating group) is 1. The maximum absolute atomic E-state index is 8.51. The van der Waals surface area contributed by atoms with Gasteiger partial charge in [0.2, 0.25) is 0 Å². The second-order valence-electron chi connectivity index (χ2n) is 4.17. The number of likely N-dealkylation sites (tertiary alicyclic amines) is 1. The van der Waals surface area contributed by atoms with E-state index >= 15 is 0 Å². The van der Waals surface area contributed by atoms with Crippen LogP contribution < -0.4 is 5.32 Å². The number of rotatable bonds is 7. The molecule has 1 aliphatic rings. The summed E-state index contributed by atoms with van der Waals surface area (Å²) in [7, 11) is 2.20. The van der Waals surface area contributed by atoms with Crippen molar-refractivity contribution in [1.82, 2.24) is 10.2 Å². The van der Waals surface area contributed by atoms with E-state index in [9.17, 15) is 0 Å². The van der Waals surface area contributed by atoms with Crippen molar-refractivity contribution in [2.75, 3.05) is 46.5 Å². The second-order valence-corrected chi connectivity index (χ2v) is 4.17. The number of hydrogen-bond donors (Lipinski definition) is 2. The minimum Gasteiger partial charge on any atom is -0.394 e. The third-order valence-electron chi connectivity index (χ3n) is 2.96. The standard InChI is InChI=1S/C11H24N2O2/c1-13-6-3-2-4-11(13)10-12-5-8-15-9-7-14/h11-12,14H,2-10H2,1H3. The topological polar surface area (TPSA) is 44.7 Å². The Morgan fingerprint density at radius 2 is 2.27 bits per heavy atom. The lowest BCUT2D eigenvalue weighted by Crippen LogP contribution is -2.43. The highest BCUT2D eigenvalue weighted by atomic mass is 16.5. The smallest absolute Gasteiger partial charge is 0.0698 e. The van der Waals surface area contributed by atoms with Crippen molar-refractivity contribution in [2.45, 2.75) is 25.3 Å². The van der Waals surface area contributed by atoms with E-state index in [0.29, 0.717) is 19.3 Å². The van der Waals surface area contributed by atoms with Crippen LogP contribution in [0.15, 0.2) is 0 Å². The highest BCUT2D eigenvalue weighted by molar-refractivity contribution is 4.75. The largest absolute Gasteiger partial charge is 0.394 e. The average Bonchev–Trinajstić information content (AvgIpc) is 2.25. The molecule has 1 unspecified atom stereocenters. The minimum atomic E-state index is 0.116. The Balaban J connectivity index is 1.94. The van der Waals surface area contributed by atoms with Crippen LogP contribution in [-0.4, -0.2) is 62.6 Å². The maximum atomic E-state index is 8.51. The molecule has 1 heterocycles. The SMILES string of the molecule is CN1CCCCC1CNCCOCCO. The molecule has 0 aromatic rings. The van der Waals surface area contributed by atoms with Crippen LogP contribution in [-0.2, 0) is 4.74 Å². The van der Waals surface area contributed by atoms with Gasteiger partial charge in [0, 0.05) is 19.1 Å². The molecule has 15 heavy (non-hydrogen) atoms. The van der Waals surface area contributed by atoms with Gasteiger partial charge < -0.3 is 20.1 Å². The van der Waals surface area contributed by atoms with E-state index in [4.69, 9.17) is 9.84 Å². The third-order valence-corrected chi connectivity index (χ3v) is 2.96. The van der Waals surface area contributed by atoms with Crippen LogP contribution in [0.3, 0.4) is 0 Å². The van der Waals surface area contributed by atoms with Gasteiger partial charge in [-0.15, -0.1) is 0 Å². The van der Waals surface area contributed by atoms with E-state index in [2.05, 4.69) is 17.3 Å². The molecule has 2 N–H and O–H groups in total. The van der Waals surface area contributed by atoms with Gasteiger partial charge in [0.1, 0.15) is 0 Å². The van der Waals surface area contributed by atoms with Gasteiger partial charge in [-0.3, -0.25) is 0 Å². The lowest BCUT2D eigenvalue weighted by atomic mass is 10.0. The van der Waals surface area contributed by atoms with Crippen molar-refractivity contribution in [1.29, 1.82) is 0 Å². The molecule has 1 atom stereocenters. The average molecular weight is 216 g/mol. The van der Waals surface area contributed by atoms with Crippen LogP contribution in [0.25, 0.3) is 0 Å². The monoisotopic (exact) mass is 216 g/mol. The van der Waals surface area contributed by atoms with Gasteiger partial charge in [-0.2, -0.15) is 0 Å². The molecule has 4 heteroatoms. The Hall–Kier alpha value is -0.160. The normalized spacial score (nSPS) is 23.2. The fourth-order valence-electron chi connectivity index (χ4n) is 1.98. The number of aliphatic hydroxyl groups is 1. The molecule has 0 aliphatic carbocycles. The molecular weight excluding hydrogens is 192 g/mol. The lowest BCUT2D eigenvalue weighted by Gasteiger charge is -2.32. The molecule has 0 amide bonds. The molecule has 1 rings (SSSR count).